The third-order valence-corrected chi connectivity index (χ3v) is 4.94. The molecule has 1 N–H and O–H groups in total. The lowest BCUT2D eigenvalue weighted by Crippen LogP contribution is -2.13. The Morgan fingerprint density at radius 3 is 2.92 bits per heavy atom. The number of thiazole rings is 1. The van der Waals surface area contributed by atoms with Gasteiger partial charge in [0, 0.05) is 35.3 Å². The van der Waals surface area contributed by atoms with Crippen molar-refractivity contribution in [1.29, 1.82) is 0 Å². The number of para-hydroxylation sites is 1. The van der Waals surface area contributed by atoms with Gasteiger partial charge in [-0.25, -0.2) is 14.4 Å². The zero-order valence-electron chi connectivity index (χ0n) is 13.9. The van der Waals surface area contributed by atoms with Crippen LogP contribution in [0.4, 0.5) is 10.1 Å². The van der Waals surface area contributed by atoms with Crippen LogP contribution in [-0.2, 0) is 6.54 Å². The van der Waals surface area contributed by atoms with Gasteiger partial charge in [0.2, 0.25) is 0 Å². The van der Waals surface area contributed by atoms with Crippen LogP contribution in [0.15, 0.2) is 54.2 Å². The van der Waals surface area contributed by atoms with E-state index >= 15 is 0 Å². The molecule has 3 aromatic heterocycles. The SMILES string of the molecule is CCn1cc(-c2nc(C(=O)Nc3ccccc3F)cs2)c2cccnc21. The van der Waals surface area contributed by atoms with Gasteiger partial charge in [-0.1, -0.05) is 12.1 Å². The summed E-state index contributed by atoms with van der Waals surface area (Å²) < 4.78 is 15.8. The van der Waals surface area contributed by atoms with E-state index in [-0.39, 0.29) is 11.4 Å². The maximum Gasteiger partial charge on any atom is 0.275 e. The van der Waals surface area contributed by atoms with E-state index in [9.17, 15) is 9.18 Å². The number of fused-ring (bicyclic) bond motifs is 1. The molecule has 26 heavy (non-hydrogen) atoms. The van der Waals surface area contributed by atoms with Gasteiger partial charge in [0.1, 0.15) is 22.2 Å². The number of halogens is 1. The standard InChI is InChI=1S/C19H15FN4OS/c1-2-24-10-13(12-6-5-9-21-17(12)24)19-23-16(11-26-19)18(25)22-15-8-4-3-7-14(15)20/h3-11H,2H2,1H3,(H,22,25). The van der Waals surface area contributed by atoms with Crippen LogP contribution >= 0.6 is 11.3 Å². The number of hydrogen-bond acceptors (Lipinski definition) is 4. The summed E-state index contributed by atoms with van der Waals surface area (Å²) in [6.45, 7) is 2.84. The predicted octanol–water partition coefficient (Wildman–Crippen LogP) is 4.57. The van der Waals surface area contributed by atoms with Gasteiger partial charge < -0.3 is 9.88 Å². The second kappa shape index (κ2) is 6.68. The van der Waals surface area contributed by atoms with Gasteiger partial charge >= 0.3 is 0 Å². The minimum Gasteiger partial charge on any atom is -0.332 e. The van der Waals surface area contributed by atoms with E-state index in [0.29, 0.717) is 0 Å². The molecule has 0 aliphatic carbocycles. The fourth-order valence-electron chi connectivity index (χ4n) is 2.78. The molecule has 4 aromatic rings. The van der Waals surface area contributed by atoms with Crippen molar-refractivity contribution in [3.05, 3.63) is 65.7 Å². The predicted molar refractivity (Wildman–Crippen MR) is 101 cm³/mol. The van der Waals surface area contributed by atoms with Gasteiger partial charge in [-0.05, 0) is 31.2 Å². The summed E-state index contributed by atoms with van der Waals surface area (Å²) in [6, 6.07) is 9.92. The highest BCUT2D eigenvalue weighted by molar-refractivity contribution is 7.13. The lowest BCUT2D eigenvalue weighted by molar-refractivity contribution is 0.102. The first-order valence-corrected chi connectivity index (χ1v) is 9.01. The van der Waals surface area contributed by atoms with Crippen molar-refractivity contribution in [2.24, 2.45) is 0 Å². The number of anilines is 1. The van der Waals surface area contributed by atoms with E-state index in [1.165, 1.54) is 23.5 Å². The van der Waals surface area contributed by atoms with Crippen LogP contribution in [0.2, 0.25) is 0 Å². The molecule has 3 heterocycles. The number of amides is 1. The van der Waals surface area contributed by atoms with Gasteiger partial charge in [-0.3, -0.25) is 4.79 Å². The van der Waals surface area contributed by atoms with E-state index in [2.05, 4.69) is 15.3 Å². The fraction of sp³-hybridized carbons (Fsp3) is 0.105. The molecule has 0 fully saturated rings. The van der Waals surface area contributed by atoms with Crippen LogP contribution in [0.5, 0.6) is 0 Å². The van der Waals surface area contributed by atoms with Crippen LogP contribution in [0.3, 0.4) is 0 Å². The molecule has 5 nitrogen and oxygen atoms in total. The molecular weight excluding hydrogens is 351 g/mol. The molecule has 0 aliphatic heterocycles. The number of hydrogen-bond donors (Lipinski definition) is 1. The maximum absolute atomic E-state index is 13.7. The lowest BCUT2D eigenvalue weighted by Gasteiger charge is -2.03. The molecule has 0 aliphatic rings. The number of nitrogens with zero attached hydrogens (tertiary/aromatic N) is 3. The van der Waals surface area contributed by atoms with Gasteiger partial charge in [0.25, 0.3) is 5.91 Å². The Morgan fingerprint density at radius 1 is 1.27 bits per heavy atom. The van der Waals surface area contributed by atoms with Crippen LogP contribution < -0.4 is 5.32 Å². The number of carbonyl (C=O) groups excluding carboxylic acids is 1. The molecule has 0 unspecified atom stereocenters. The number of nitrogens with one attached hydrogen (secondary N) is 1. The molecule has 0 saturated carbocycles. The molecule has 1 amide bonds. The zero-order valence-corrected chi connectivity index (χ0v) is 14.8. The van der Waals surface area contributed by atoms with Crippen molar-refractivity contribution < 1.29 is 9.18 Å². The second-order valence-corrected chi connectivity index (χ2v) is 6.53. The molecule has 130 valence electrons. The monoisotopic (exact) mass is 366 g/mol. The van der Waals surface area contributed by atoms with Gasteiger partial charge in [-0.15, -0.1) is 11.3 Å². The number of aryl methyl sites for hydroxylation is 1. The van der Waals surface area contributed by atoms with Crippen LogP contribution in [-0.4, -0.2) is 20.4 Å². The number of rotatable bonds is 4. The molecule has 1 aromatic carbocycles. The second-order valence-electron chi connectivity index (χ2n) is 5.68. The molecule has 0 bridgehead atoms. The van der Waals surface area contributed by atoms with Crippen LogP contribution in [0.1, 0.15) is 17.4 Å². The van der Waals surface area contributed by atoms with E-state index < -0.39 is 11.7 Å². The summed E-state index contributed by atoms with van der Waals surface area (Å²) in [4.78, 5) is 21.3. The number of carbonyl (C=O) groups is 1. The van der Waals surface area contributed by atoms with E-state index in [0.717, 1.165) is 28.1 Å². The van der Waals surface area contributed by atoms with E-state index in [1.54, 1.807) is 23.7 Å². The molecule has 0 atom stereocenters. The van der Waals surface area contributed by atoms with Crippen molar-refractivity contribution in [3.8, 4) is 10.6 Å². The molecule has 0 spiro atoms. The summed E-state index contributed by atoms with van der Waals surface area (Å²) in [7, 11) is 0. The fourth-order valence-corrected chi connectivity index (χ4v) is 3.61. The summed E-state index contributed by atoms with van der Waals surface area (Å²) in [6.07, 6.45) is 3.75. The average molecular weight is 366 g/mol. The Balaban J connectivity index is 1.67. The van der Waals surface area contributed by atoms with Crippen molar-refractivity contribution in [1.82, 2.24) is 14.5 Å². The highest BCUT2D eigenvalue weighted by Crippen LogP contribution is 2.32. The Kier molecular flexibility index (Phi) is 4.22. The number of benzene rings is 1. The number of aromatic nitrogens is 3. The highest BCUT2D eigenvalue weighted by Gasteiger charge is 2.17. The van der Waals surface area contributed by atoms with Gasteiger partial charge in [-0.2, -0.15) is 0 Å². The van der Waals surface area contributed by atoms with Gasteiger partial charge in [0.15, 0.2) is 0 Å². The largest absolute Gasteiger partial charge is 0.332 e. The van der Waals surface area contributed by atoms with Crippen LogP contribution in [0.25, 0.3) is 21.6 Å². The van der Waals surface area contributed by atoms with Crippen molar-refractivity contribution in [3.63, 3.8) is 0 Å². The highest BCUT2D eigenvalue weighted by atomic mass is 32.1. The Hall–Kier alpha value is -3.06. The first-order valence-electron chi connectivity index (χ1n) is 8.13. The smallest absolute Gasteiger partial charge is 0.275 e. The Morgan fingerprint density at radius 2 is 2.12 bits per heavy atom. The first kappa shape index (κ1) is 16.4. The average Bonchev–Trinajstić information content (AvgIpc) is 3.28. The topological polar surface area (TPSA) is 59.8 Å². The summed E-state index contributed by atoms with van der Waals surface area (Å²) >= 11 is 1.38. The third-order valence-electron chi connectivity index (χ3n) is 4.06. The summed E-state index contributed by atoms with van der Waals surface area (Å²) in [5.41, 5.74) is 2.22. The van der Waals surface area contributed by atoms with Gasteiger partial charge in [0.05, 0.1) is 5.69 Å². The molecule has 7 heteroatoms. The minimum absolute atomic E-state index is 0.138. The maximum atomic E-state index is 13.7. The van der Waals surface area contributed by atoms with E-state index in [1.807, 2.05) is 29.8 Å². The van der Waals surface area contributed by atoms with Crippen molar-refractivity contribution in [2.75, 3.05) is 5.32 Å². The van der Waals surface area contributed by atoms with Crippen molar-refractivity contribution in [2.45, 2.75) is 13.5 Å². The molecule has 4 rings (SSSR count). The summed E-state index contributed by atoms with van der Waals surface area (Å²) in [5, 5.41) is 5.96. The number of pyridine rings is 1. The normalized spacial score (nSPS) is 11.0. The van der Waals surface area contributed by atoms with Crippen molar-refractivity contribution >= 4 is 34.0 Å². The lowest BCUT2D eigenvalue weighted by atomic mass is 10.2. The minimum atomic E-state index is -0.478. The van der Waals surface area contributed by atoms with Crippen LogP contribution in [0, 0.1) is 5.82 Å². The molecular formula is C19H15FN4OS. The van der Waals surface area contributed by atoms with E-state index in [4.69, 9.17) is 0 Å². The first-order chi connectivity index (χ1) is 12.7. The summed E-state index contributed by atoms with van der Waals surface area (Å²) in [5.74, 6) is -0.914. The zero-order chi connectivity index (χ0) is 18.1. The third kappa shape index (κ3) is 2.86. The molecule has 0 radical (unpaired) electrons. The molecule has 0 saturated heterocycles. The quantitative estimate of drug-likeness (QED) is 0.575. The Bertz CT molecular complexity index is 1100. The Labute approximate surface area is 153 Å².